The summed E-state index contributed by atoms with van der Waals surface area (Å²) >= 11 is 0. The van der Waals surface area contributed by atoms with Crippen LogP contribution in [0.25, 0.3) is 11.2 Å². The smallest absolute Gasteiger partial charge is 0.259 e. The van der Waals surface area contributed by atoms with Gasteiger partial charge in [0.2, 0.25) is 0 Å². The quantitative estimate of drug-likeness (QED) is 0.671. The highest BCUT2D eigenvalue weighted by Gasteiger charge is 2.29. The standard InChI is InChI=1S/C19H21N4O2/c1-14-10-22(11-15(2)25-14)19(24)17-9-20-7-6-18(17)23-12-16-5-3-4-8-21(16)13-23/h3-9,12-15H,10-11H2,1-2H3/q+1. The van der Waals surface area contributed by atoms with Crippen LogP contribution in [0.1, 0.15) is 24.2 Å². The predicted molar refractivity (Wildman–Crippen MR) is 92.6 cm³/mol. The lowest BCUT2D eigenvalue weighted by atomic mass is 10.1. The first-order chi connectivity index (χ1) is 12.1. The second-order valence-electron chi connectivity index (χ2n) is 6.54. The highest BCUT2D eigenvalue weighted by Crippen LogP contribution is 2.17. The second kappa shape index (κ2) is 6.29. The number of carbonyl (C=O) groups is 1. The summed E-state index contributed by atoms with van der Waals surface area (Å²) in [6.07, 6.45) is 9.40. The normalized spacial score (nSPS) is 20.8. The molecule has 6 heteroatoms. The van der Waals surface area contributed by atoms with Crippen molar-refractivity contribution in [2.24, 2.45) is 0 Å². The number of amides is 1. The fourth-order valence-electron chi connectivity index (χ4n) is 3.42. The van der Waals surface area contributed by atoms with Crippen LogP contribution < -0.4 is 4.57 Å². The van der Waals surface area contributed by atoms with Gasteiger partial charge in [-0.1, -0.05) is 6.07 Å². The van der Waals surface area contributed by atoms with Gasteiger partial charge < -0.3 is 9.64 Å². The zero-order chi connectivity index (χ0) is 17.4. The topological polar surface area (TPSA) is 50.7 Å². The summed E-state index contributed by atoms with van der Waals surface area (Å²) in [5, 5.41) is 0. The van der Waals surface area contributed by atoms with Crippen LogP contribution in [0.3, 0.4) is 0 Å². The molecule has 0 spiro atoms. The Morgan fingerprint density at radius 2 is 2.04 bits per heavy atom. The minimum absolute atomic E-state index is 0.00661. The average Bonchev–Trinajstić information content (AvgIpc) is 3.04. The van der Waals surface area contributed by atoms with E-state index in [-0.39, 0.29) is 18.1 Å². The molecule has 1 aliphatic rings. The van der Waals surface area contributed by atoms with E-state index >= 15 is 0 Å². The molecule has 0 N–H and O–H groups in total. The average molecular weight is 337 g/mol. The van der Waals surface area contributed by atoms with Crippen molar-refractivity contribution in [3.05, 3.63) is 60.9 Å². The molecule has 1 aliphatic heterocycles. The maximum Gasteiger partial charge on any atom is 0.259 e. The molecular weight excluding hydrogens is 316 g/mol. The molecule has 25 heavy (non-hydrogen) atoms. The summed E-state index contributed by atoms with van der Waals surface area (Å²) in [6, 6.07) is 7.88. The third kappa shape index (κ3) is 3.00. The van der Waals surface area contributed by atoms with Crippen molar-refractivity contribution in [2.75, 3.05) is 13.1 Å². The first-order valence-electron chi connectivity index (χ1n) is 8.49. The third-order valence-electron chi connectivity index (χ3n) is 4.46. The highest BCUT2D eigenvalue weighted by atomic mass is 16.5. The van der Waals surface area contributed by atoms with Gasteiger partial charge >= 0.3 is 0 Å². The van der Waals surface area contributed by atoms with Crippen molar-refractivity contribution in [3.63, 3.8) is 0 Å². The third-order valence-corrected chi connectivity index (χ3v) is 4.46. The molecule has 0 aliphatic carbocycles. The van der Waals surface area contributed by atoms with E-state index in [0.717, 1.165) is 11.2 Å². The molecule has 3 aromatic rings. The molecule has 1 saturated heterocycles. The summed E-state index contributed by atoms with van der Waals surface area (Å²) < 4.78 is 9.73. The predicted octanol–water partition coefficient (Wildman–Crippen LogP) is 1.86. The van der Waals surface area contributed by atoms with E-state index in [2.05, 4.69) is 4.98 Å². The number of nitrogens with zero attached hydrogens (tertiary/aromatic N) is 4. The SMILES string of the molecule is CC1CN(C(=O)c2cnccc2-[n+]2cc3ccccn3c2)CC(C)O1. The Bertz CT molecular complexity index is 877. The van der Waals surface area contributed by atoms with Gasteiger partial charge in [0.15, 0.2) is 5.52 Å². The fourth-order valence-corrected chi connectivity index (χ4v) is 3.42. The zero-order valence-corrected chi connectivity index (χ0v) is 14.4. The molecule has 0 saturated carbocycles. The van der Waals surface area contributed by atoms with Crippen molar-refractivity contribution in [1.82, 2.24) is 14.3 Å². The number of carbonyl (C=O) groups excluding carboxylic acids is 1. The largest absolute Gasteiger partial charge is 0.372 e. The lowest BCUT2D eigenvalue weighted by Gasteiger charge is -2.35. The van der Waals surface area contributed by atoms with E-state index in [4.69, 9.17) is 4.74 Å². The Morgan fingerprint density at radius 3 is 2.80 bits per heavy atom. The second-order valence-corrected chi connectivity index (χ2v) is 6.54. The van der Waals surface area contributed by atoms with Gasteiger partial charge in [-0.2, -0.15) is 0 Å². The Kier molecular flexibility index (Phi) is 3.97. The molecule has 0 aromatic carbocycles. The van der Waals surface area contributed by atoms with E-state index in [1.165, 1.54) is 0 Å². The van der Waals surface area contributed by atoms with Gasteiger partial charge in [-0.15, -0.1) is 0 Å². The van der Waals surface area contributed by atoms with Gasteiger partial charge in [-0.3, -0.25) is 9.78 Å². The molecular formula is C19H21N4O2+. The molecule has 128 valence electrons. The van der Waals surface area contributed by atoms with Gasteiger partial charge in [0.25, 0.3) is 12.2 Å². The minimum atomic E-state index is -0.00661. The molecule has 0 radical (unpaired) electrons. The summed E-state index contributed by atoms with van der Waals surface area (Å²) in [7, 11) is 0. The van der Waals surface area contributed by atoms with Gasteiger partial charge in [-0.25, -0.2) is 8.97 Å². The van der Waals surface area contributed by atoms with Gasteiger partial charge in [0.1, 0.15) is 17.4 Å². The lowest BCUT2D eigenvalue weighted by Crippen LogP contribution is -2.48. The highest BCUT2D eigenvalue weighted by molar-refractivity contribution is 5.96. The Morgan fingerprint density at radius 1 is 1.24 bits per heavy atom. The number of rotatable bonds is 2. The maximum atomic E-state index is 13.1. The summed E-state index contributed by atoms with van der Waals surface area (Å²) in [4.78, 5) is 19.1. The molecule has 3 aromatic heterocycles. The molecule has 4 rings (SSSR count). The van der Waals surface area contributed by atoms with Gasteiger partial charge in [-0.05, 0) is 26.0 Å². The monoisotopic (exact) mass is 337 g/mol. The fraction of sp³-hybridized carbons (Fsp3) is 0.316. The number of morpholine rings is 1. The Labute approximate surface area is 146 Å². The van der Waals surface area contributed by atoms with Crippen LogP contribution in [0.15, 0.2) is 55.4 Å². The van der Waals surface area contributed by atoms with Gasteiger partial charge in [0, 0.05) is 31.5 Å². The van der Waals surface area contributed by atoms with E-state index in [1.54, 1.807) is 12.4 Å². The van der Waals surface area contributed by atoms with Crippen LogP contribution in [0.4, 0.5) is 0 Å². The van der Waals surface area contributed by atoms with Crippen LogP contribution in [-0.2, 0) is 4.74 Å². The van der Waals surface area contributed by atoms with E-state index < -0.39 is 0 Å². The first-order valence-corrected chi connectivity index (χ1v) is 8.49. The van der Waals surface area contributed by atoms with Crippen molar-refractivity contribution in [3.8, 4) is 5.69 Å². The number of fused-ring (bicyclic) bond motifs is 1. The lowest BCUT2D eigenvalue weighted by molar-refractivity contribution is -0.594. The van der Waals surface area contributed by atoms with E-state index in [0.29, 0.717) is 18.7 Å². The number of aromatic nitrogens is 3. The summed E-state index contributed by atoms with van der Waals surface area (Å²) in [5.74, 6) is -0.00661. The van der Waals surface area contributed by atoms with Crippen molar-refractivity contribution >= 4 is 11.4 Å². The van der Waals surface area contributed by atoms with Crippen molar-refractivity contribution in [1.29, 1.82) is 0 Å². The van der Waals surface area contributed by atoms with E-state index in [9.17, 15) is 4.79 Å². The molecule has 2 unspecified atom stereocenters. The molecule has 0 bridgehead atoms. The van der Waals surface area contributed by atoms with Crippen LogP contribution in [-0.4, -0.2) is 45.5 Å². The van der Waals surface area contributed by atoms with Crippen LogP contribution >= 0.6 is 0 Å². The molecule has 1 amide bonds. The van der Waals surface area contributed by atoms with Crippen molar-refractivity contribution in [2.45, 2.75) is 26.1 Å². The number of hydrogen-bond donors (Lipinski definition) is 0. The molecule has 1 fully saturated rings. The minimum Gasteiger partial charge on any atom is -0.372 e. The molecule has 4 heterocycles. The number of imidazole rings is 1. The number of hydrogen-bond acceptors (Lipinski definition) is 3. The maximum absolute atomic E-state index is 13.1. The van der Waals surface area contributed by atoms with Crippen LogP contribution in [0.2, 0.25) is 0 Å². The van der Waals surface area contributed by atoms with Crippen molar-refractivity contribution < 1.29 is 14.1 Å². The van der Waals surface area contributed by atoms with Gasteiger partial charge in [0.05, 0.1) is 18.4 Å². The molecule has 6 nitrogen and oxygen atoms in total. The Balaban J connectivity index is 1.72. The number of ether oxygens (including phenoxy) is 1. The number of pyridine rings is 2. The zero-order valence-electron chi connectivity index (χ0n) is 14.4. The summed E-state index contributed by atoms with van der Waals surface area (Å²) in [6.45, 7) is 5.19. The molecule has 2 atom stereocenters. The summed E-state index contributed by atoms with van der Waals surface area (Å²) in [5.41, 5.74) is 2.49. The first kappa shape index (κ1) is 15.8. The Hall–Kier alpha value is -2.73. The van der Waals surface area contributed by atoms with Crippen LogP contribution in [0, 0.1) is 0 Å². The van der Waals surface area contributed by atoms with Crippen LogP contribution in [0.5, 0.6) is 0 Å². The van der Waals surface area contributed by atoms with E-state index in [1.807, 2.05) is 70.7 Å².